The average molecular weight is 197 g/mol. The molecule has 14 heavy (non-hydrogen) atoms. The van der Waals surface area contributed by atoms with Crippen molar-refractivity contribution in [3.8, 4) is 0 Å². The minimum absolute atomic E-state index is 0.249. The van der Waals surface area contributed by atoms with Gasteiger partial charge >= 0.3 is 0 Å². The van der Waals surface area contributed by atoms with Crippen molar-refractivity contribution in [3.05, 3.63) is 17.5 Å². The molecule has 0 saturated carbocycles. The van der Waals surface area contributed by atoms with Crippen molar-refractivity contribution in [2.24, 2.45) is 0 Å². The summed E-state index contributed by atoms with van der Waals surface area (Å²) in [6.07, 6.45) is 0.805. The van der Waals surface area contributed by atoms with Crippen LogP contribution in [-0.4, -0.2) is 28.0 Å². The first-order valence-electron chi connectivity index (χ1n) is 5.12. The highest BCUT2D eigenvalue weighted by Crippen LogP contribution is 2.02. The molecule has 0 atom stereocenters. The second-order valence-corrected chi connectivity index (χ2v) is 3.35. The maximum atomic E-state index is 8.61. The van der Waals surface area contributed by atoms with E-state index >= 15 is 0 Å². The van der Waals surface area contributed by atoms with E-state index in [9.17, 15) is 0 Å². The zero-order chi connectivity index (χ0) is 10.4. The first-order valence-corrected chi connectivity index (χ1v) is 5.12. The number of nitrogens with one attached hydrogen (secondary N) is 1. The van der Waals surface area contributed by atoms with Crippen molar-refractivity contribution < 1.29 is 5.11 Å². The maximum absolute atomic E-state index is 8.61. The minimum atomic E-state index is 0.249. The van der Waals surface area contributed by atoms with Gasteiger partial charge in [0.05, 0.1) is 11.4 Å². The van der Waals surface area contributed by atoms with Crippen molar-refractivity contribution in [2.75, 3.05) is 13.2 Å². The van der Waals surface area contributed by atoms with Gasteiger partial charge < -0.3 is 10.4 Å². The topological polar surface area (TPSA) is 50.1 Å². The van der Waals surface area contributed by atoms with E-state index in [1.807, 2.05) is 11.6 Å². The molecular weight excluding hydrogens is 178 g/mol. The molecule has 1 heterocycles. The van der Waals surface area contributed by atoms with Crippen LogP contribution in [0.4, 0.5) is 0 Å². The van der Waals surface area contributed by atoms with Gasteiger partial charge in [0.2, 0.25) is 0 Å². The molecule has 0 amide bonds. The Kier molecular flexibility index (Phi) is 4.62. The summed E-state index contributed by atoms with van der Waals surface area (Å²) in [4.78, 5) is 0. The van der Waals surface area contributed by atoms with Gasteiger partial charge in [0.15, 0.2) is 0 Å². The molecule has 4 nitrogen and oxygen atoms in total. The zero-order valence-corrected chi connectivity index (χ0v) is 8.95. The smallest absolute Gasteiger partial charge is 0.0597 e. The van der Waals surface area contributed by atoms with Crippen molar-refractivity contribution in [2.45, 2.75) is 33.4 Å². The van der Waals surface area contributed by atoms with Crippen molar-refractivity contribution >= 4 is 0 Å². The Balaban J connectivity index is 2.41. The molecule has 0 saturated heterocycles. The number of aromatic nitrogens is 2. The van der Waals surface area contributed by atoms with E-state index in [0.717, 1.165) is 31.7 Å². The van der Waals surface area contributed by atoms with Crippen molar-refractivity contribution in [1.29, 1.82) is 0 Å². The number of nitrogens with zero attached hydrogens (tertiary/aromatic N) is 2. The van der Waals surface area contributed by atoms with E-state index < -0.39 is 0 Å². The Bertz CT molecular complexity index is 270. The highest BCUT2D eigenvalue weighted by molar-refractivity contribution is 5.08. The summed E-state index contributed by atoms with van der Waals surface area (Å²) < 4.78 is 2.00. The van der Waals surface area contributed by atoms with Crippen molar-refractivity contribution in [3.63, 3.8) is 0 Å². The van der Waals surface area contributed by atoms with Crippen LogP contribution in [0.1, 0.15) is 24.7 Å². The summed E-state index contributed by atoms with van der Waals surface area (Å²) in [6, 6.07) is 2.09. The molecule has 0 bridgehead atoms. The lowest BCUT2D eigenvalue weighted by molar-refractivity contribution is 0.285. The first-order chi connectivity index (χ1) is 6.77. The average Bonchev–Trinajstić information content (AvgIpc) is 2.54. The highest BCUT2D eigenvalue weighted by Gasteiger charge is 2.02. The van der Waals surface area contributed by atoms with Crippen LogP contribution in [0.5, 0.6) is 0 Å². The molecule has 0 unspecified atom stereocenters. The van der Waals surface area contributed by atoms with E-state index in [-0.39, 0.29) is 6.61 Å². The van der Waals surface area contributed by atoms with Gasteiger partial charge in [0.25, 0.3) is 0 Å². The molecule has 1 rings (SSSR count). The highest BCUT2D eigenvalue weighted by atomic mass is 16.3. The van der Waals surface area contributed by atoms with Gasteiger partial charge in [-0.3, -0.25) is 4.68 Å². The minimum Gasteiger partial charge on any atom is -0.396 e. The summed E-state index contributed by atoms with van der Waals surface area (Å²) >= 11 is 0. The quantitative estimate of drug-likeness (QED) is 0.659. The fourth-order valence-electron chi connectivity index (χ4n) is 1.44. The Labute approximate surface area is 84.9 Å². The third kappa shape index (κ3) is 3.12. The first kappa shape index (κ1) is 11.2. The van der Waals surface area contributed by atoms with Gasteiger partial charge in [-0.1, -0.05) is 0 Å². The number of aryl methyl sites for hydroxylation is 2. The van der Waals surface area contributed by atoms with Gasteiger partial charge in [0, 0.05) is 19.7 Å². The summed E-state index contributed by atoms with van der Waals surface area (Å²) in [7, 11) is 0. The molecule has 1 aromatic heterocycles. The van der Waals surface area contributed by atoms with E-state index in [1.54, 1.807) is 0 Å². The van der Waals surface area contributed by atoms with E-state index in [4.69, 9.17) is 5.11 Å². The number of hydrogen-bond acceptors (Lipinski definition) is 3. The fourth-order valence-corrected chi connectivity index (χ4v) is 1.44. The van der Waals surface area contributed by atoms with E-state index in [1.165, 1.54) is 5.69 Å². The monoisotopic (exact) mass is 197 g/mol. The Morgan fingerprint density at radius 1 is 1.57 bits per heavy atom. The van der Waals surface area contributed by atoms with Crippen LogP contribution in [0.2, 0.25) is 0 Å². The van der Waals surface area contributed by atoms with Gasteiger partial charge in [-0.25, -0.2) is 0 Å². The molecule has 0 aromatic carbocycles. The lowest BCUT2D eigenvalue weighted by Gasteiger charge is -2.05. The fraction of sp³-hybridized carbons (Fsp3) is 0.700. The predicted octanol–water partition coefficient (Wildman–Crippen LogP) is 0.683. The van der Waals surface area contributed by atoms with E-state index in [0.29, 0.717) is 0 Å². The van der Waals surface area contributed by atoms with Crippen LogP contribution < -0.4 is 5.32 Å². The Hall–Kier alpha value is -0.870. The third-order valence-corrected chi connectivity index (χ3v) is 2.10. The molecule has 0 spiro atoms. The maximum Gasteiger partial charge on any atom is 0.0597 e. The number of hydrogen-bond donors (Lipinski definition) is 2. The molecule has 0 aliphatic carbocycles. The summed E-state index contributed by atoms with van der Waals surface area (Å²) in [5, 5.41) is 16.2. The van der Waals surface area contributed by atoms with Gasteiger partial charge in [-0.2, -0.15) is 5.10 Å². The summed E-state index contributed by atoms with van der Waals surface area (Å²) in [5.74, 6) is 0. The lowest BCUT2D eigenvalue weighted by atomic mass is 10.3. The molecule has 4 heteroatoms. The van der Waals surface area contributed by atoms with Gasteiger partial charge in [0.1, 0.15) is 0 Å². The molecule has 0 aliphatic heterocycles. The van der Waals surface area contributed by atoms with Crippen LogP contribution in [0, 0.1) is 6.92 Å². The molecule has 0 fully saturated rings. The van der Waals surface area contributed by atoms with Crippen LogP contribution >= 0.6 is 0 Å². The summed E-state index contributed by atoms with van der Waals surface area (Å²) in [5.41, 5.74) is 2.27. The van der Waals surface area contributed by atoms with Crippen LogP contribution in [0.3, 0.4) is 0 Å². The standard InChI is InChI=1S/C10H19N3O/c1-3-13-10(7-9(2)12-13)8-11-5-4-6-14/h7,11,14H,3-6,8H2,1-2H3. The Morgan fingerprint density at radius 2 is 2.36 bits per heavy atom. The van der Waals surface area contributed by atoms with Crippen LogP contribution in [0.25, 0.3) is 0 Å². The summed E-state index contributed by atoms with van der Waals surface area (Å²) in [6.45, 7) is 6.93. The number of aliphatic hydroxyl groups is 1. The molecular formula is C10H19N3O. The van der Waals surface area contributed by atoms with Crippen LogP contribution in [-0.2, 0) is 13.1 Å². The third-order valence-electron chi connectivity index (χ3n) is 2.10. The molecule has 1 aromatic rings. The largest absolute Gasteiger partial charge is 0.396 e. The second kappa shape index (κ2) is 5.78. The van der Waals surface area contributed by atoms with E-state index in [2.05, 4.69) is 23.4 Å². The van der Waals surface area contributed by atoms with Gasteiger partial charge in [-0.15, -0.1) is 0 Å². The zero-order valence-electron chi connectivity index (χ0n) is 8.95. The van der Waals surface area contributed by atoms with Crippen LogP contribution in [0.15, 0.2) is 6.07 Å². The predicted molar refractivity (Wildman–Crippen MR) is 56.0 cm³/mol. The van der Waals surface area contributed by atoms with Crippen molar-refractivity contribution in [1.82, 2.24) is 15.1 Å². The normalized spacial score (nSPS) is 10.8. The lowest BCUT2D eigenvalue weighted by Crippen LogP contribution is -2.18. The molecule has 0 aliphatic rings. The molecule has 0 radical (unpaired) electrons. The SMILES string of the molecule is CCn1nc(C)cc1CNCCCO. The number of rotatable bonds is 6. The van der Waals surface area contributed by atoms with Gasteiger partial charge in [-0.05, 0) is 32.9 Å². The second-order valence-electron chi connectivity index (χ2n) is 3.35. The molecule has 80 valence electrons. The molecule has 2 N–H and O–H groups in total. The Morgan fingerprint density at radius 3 is 3.00 bits per heavy atom. The number of aliphatic hydroxyl groups excluding tert-OH is 1.